The number of carbonyl (C=O) groups is 1. The Hall–Kier alpha value is -1.08. The number of fused-ring (bicyclic) bond motifs is 1. The molecule has 0 bridgehead atoms. The van der Waals surface area contributed by atoms with Gasteiger partial charge in [-0.1, -0.05) is 23.4 Å². The topological polar surface area (TPSA) is 54.0 Å². The van der Waals surface area contributed by atoms with Crippen LogP contribution in [0.5, 0.6) is 0 Å². The van der Waals surface area contributed by atoms with Crippen molar-refractivity contribution in [1.82, 2.24) is 10.3 Å². The van der Waals surface area contributed by atoms with E-state index in [1.807, 2.05) is 24.4 Å². The van der Waals surface area contributed by atoms with Gasteiger partial charge < -0.3 is 10.6 Å². The molecule has 104 valence electrons. The summed E-state index contributed by atoms with van der Waals surface area (Å²) in [5.74, 6) is -0.0502. The normalized spacial score (nSPS) is 17.1. The molecule has 2 N–H and O–H groups in total. The fourth-order valence-corrected chi connectivity index (χ4v) is 4.23. The van der Waals surface area contributed by atoms with E-state index in [0.29, 0.717) is 5.02 Å². The number of amides is 1. The van der Waals surface area contributed by atoms with Crippen LogP contribution in [-0.4, -0.2) is 17.9 Å². The minimum Gasteiger partial charge on any atom is -0.324 e. The Morgan fingerprint density at radius 1 is 1.50 bits per heavy atom. The molecule has 1 atom stereocenters. The minimum absolute atomic E-state index is 0.0502. The van der Waals surface area contributed by atoms with Gasteiger partial charge in [0.2, 0.25) is 5.91 Å². The first-order valence-electron chi connectivity index (χ1n) is 6.00. The lowest BCUT2D eigenvalue weighted by molar-refractivity contribution is -0.117. The van der Waals surface area contributed by atoms with E-state index in [1.165, 1.54) is 11.8 Å². The Balaban J connectivity index is 1.95. The van der Waals surface area contributed by atoms with Crippen LogP contribution in [0.2, 0.25) is 5.02 Å². The molecular weight excluding hydrogens is 314 g/mol. The van der Waals surface area contributed by atoms with Crippen molar-refractivity contribution >= 4 is 46.3 Å². The molecular formula is C13H12ClN3OS2. The van der Waals surface area contributed by atoms with Crippen LogP contribution in [0.1, 0.15) is 17.3 Å². The molecule has 1 aliphatic heterocycles. The summed E-state index contributed by atoms with van der Waals surface area (Å²) in [6.07, 6.45) is 0. The first-order chi connectivity index (χ1) is 9.58. The number of aromatic nitrogens is 1. The van der Waals surface area contributed by atoms with Crippen LogP contribution in [0.25, 0.3) is 0 Å². The average molecular weight is 326 g/mol. The number of hydrogen-bond donors (Lipinski definition) is 2. The lowest BCUT2D eigenvalue weighted by Crippen LogP contribution is -2.23. The van der Waals surface area contributed by atoms with E-state index < -0.39 is 0 Å². The Morgan fingerprint density at radius 3 is 2.95 bits per heavy atom. The fourth-order valence-electron chi connectivity index (χ4n) is 2.10. The summed E-state index contributed by atoms with van der Waals surface area (Å²) < 4.78 is 0.943. The molecule has 1 aromatic carbocycles. The number of nitrogens with zero attached hydrogens (tertiary/aromatic N) is 1. The summed E-state index contributed by atoms with van der Waals surface area (Å²) in [4.78, 5) is 17.1. The molecule has 7 heteroatoms. The van der Waals surface area contributed by atoms with Crippen molar-refractivity contribution in [1.29, 1.82) is 0 Å². The van der Waals surface area contributed by atoms with Crippen molar-refractivity contribution in [2.75, 3.05) is 12.4 Å². The maximum absolute atomic E-state index is 11.8. The molecule has 1 aromatic heterocycles. The molecule has 2 aromatic rings. The van der Waals surface area contributed by atoms with Crippen molar-refractivity contribution in [2.45, 2.75) is 22.2 Å². The van der Waals surface area contributed by atoms with E-state index in [0.717, 1.165) is 26.2 Å². The number of aryl methyl sites for hydroxylation is 1. The number of benzene rings is 1. The molecule has 3 rings (SSSR count). The van der Waals surface area contributed by atoms with Gasteiger partial charge in [0.05, 0.1) is 5.02 Å². The van der Waals surface area contributed by atoms with Crippen LogP contribution >= 0.6 is 34.7 Å². The van der Waals surface area contributed by atoms with Crippen LogP contribution in [0, 0.1) is 6.92 Å². The van der Waals surface area contributed by atoms with Gasteiger partial charge in [0, 0.05) is 27.2 Å². The van der Waals surface area contributed by atoms with E-state index in [4.69, 9.17) is 11.6 Å². The van der Waals surface area contributed by atoms with Crippen LogP contribution in [0.3, 0.4) is 0 Å². The van der Waals surface area contributed by atoms with E-state index in [9.17, 15) is 4.79 Å². The third kappa shape index (κ3) is 2.44. The first-order valence-corrected chi connectivity index (χ1v) is 8.07. The Kier molecular flexibility index (Phi) is 3.72. The highest BCUT2D eigenvalue weighted by atomic mass is 35.5. The van der Waals surface area contributed by atoms with E-state index >= 15 is 0 Å². The van der Waals surface area contributed by atoms with Gasteiger partial charge in [-0.25, -0.2) is 4.98 Å². The third-order valence-corrected chi connectivity index (χ3v) is 5.56. The molecule has 0 spiro atoms. The summed E-state index contributed by atoms with van der Waals surface area (Å²) in [7, 11) is 1.76. The van der Waals surface area contributed by atoms with Gasteiger partial charge in [0.15, 0.2) is 4.34 Å². The molecule has 0 radical (unpaired) electrons. The number of rotatable bonds is 3. The van der Waals surface area contributed by atoms with Crippen LogP contribution in [0.4, 0.5) is 5.69 Å². The minimum atomic E-state index is -0.330. The second-order valence-electron chi connectivity index (χ2n) is 4.44. The number of halogens is 1. The number of thiazole rings is 1. The van der Waals surface area contributed by atoms with Gasteiger partial charge in [0.25, 0.3) is 0 Å². The van der Waals surface area contributed by atoms with Crippen LogP contribution < -0.4 is 10.6 Å². The van der Waals surface area contributed by atoms with Gasteiger partial charge in [-0.3, -0.25) is 4.79 Å². The zero-order chi connectivity index (χ0) is 14.3. The van der Waals surface area contributed by atoms with Gasteiger partial charge in [-0.05, 0) is 26.1 Å². The number of anilines is 1. The standard InChI is InChI=1S/C13H12ClN3OS2/c1-6-5-19-13(16-6)20-10-4-9-7(3-8(10)14)11(15-2)12(18)17-9/h3-5,11,15H,1-2H3,(H,17,18). The third-order valence-electron chi connectivity index (χ3n) is 3.02. The molecule has 0 aliphatic carbocycles. The molecule has 2 heterocycles. The summed E-state index contributed by atoms with van der Waals surface area (Å²) in [6.45, 7) is 1.96. The van der Waals surface area contributed by atoms with Gasteiger partial charge in [-0.2, -0.15) is 0 Å². The largest absolute Gasteiger partial charge is 0.324 e. The quantitative estimate of drug-likeness (QED) is 0.907. The molecule has 1 amide bonds. The van der Waals surface area contributed by atoms with Crippen molar-refractivity contribution in [2.24, 2.45) is 0 Å². The summed E-state index contributed by atoms with van der Waals surface area (Å²) >= 11 is 9.42. The van der Waals surface area contributed by atoms with E-state index in [-0.39, 0.29) is 11.9 Å². The summed E-state index contributed by atoms with van der Waals surface area (Å²) in [5, 5.41) is 8.49. The predicted molar refractivity (Wildman–Crippen MR) is 82.9 cm³/mol. The van der Waals surface area contributed by atoms with E-state index in [1.54, 1.807) is 18.4 Å². The molecule has 0 saturated carbocycles. The number of likely N-dealkylation sites (N-methyl/N-ethyl adjacent to an activating group) is 1. The zero-order valence-corrected chi connectivity index (χ0v) is 13.2. The Morgan fingerprint density at radius 2 is 2.30 bits per heavy atom. The molecule has 20 heavy (non-hydrogen) atoms. The number of hydrogen-bond acceptors (Lipinski definition) is 5. The average Bonchev–Trinajstić information content (AvgIpc) is 2.93. The number of nitrogens with one attached hydrogen (secondary N) is 2. The van der Waals surface area contributed by atoms with Crippen molar-refractivity contribution in [3.05, 3.63) is 33.8 Å². The second kappa shape index (κ2) is 5.37. The second-order valence-corrected chi connectivity index (χ2v) is 6.99. The Bertz CT molecular complexity index is 686. The Labute approximate surface area is 129 Å². The monoisotopic (exact) mass is 325 g/mol. The SMILES string of the molecule is CNC1C(=O)Nc2cc(Sc3nc(C)cs3)c(Cl)cc21. The lowest BCUT2D eigenvalue weighted by atomic mass is 10.1. The smallest absolute Gasteiger partial charge is 0.246 e. The molecule has 0 saturated heterocycles. The predicted octanol–water partition coefficient (Wildman–Crippen LogP) is 3.47. The summed E-state index contributed by atoms with van der Waals surface area (Å²) in [6, 6.07) is 3.43. The lowest BCUT2D eigenvalue weighted by Gasteiger charge is -2.09. The fraction of sp³-hybridized carbons (Fsp3) is 0.231. The van der Waals surface area contributed by atoms with Crippen LogP contribution in [0.15, 0.2) is 26.7 Å². The maximum Gasteiger partial charge on any atom is 0.246 e. The number of carbonyl (C=O) groups excluding carboxylic acids is 1. The van der Waals surface area contributed by atoms with Crippen molar-refractivity contribution in [3.8, 4) is 0 Å². The van der Waals surface area contributed by atoms with Crippen molar-refractivity contribution < 1.29 is 4.79 Å². The highest BCUT2D eigenvalue weighted by molar-refractivity contribution is 8.01. The van der Waals surface area contributed by atoms with Gasteiger partial charge in [0.1, 0.15) is 6.04 Å². The highest BCUT2D eigenvalue weighted by Crippen LogP contribution is 2.41. The van der Waals surface area contributed by atoms with Crippen molar-refractivity contribution in [3.63, 3.8) is 0 Å². The zero-order valence-electron chi connectivity index (χ0n) is 10.9. The molecule has 1 unspecified atom stereocenters. The molecule has 1 aliphatic rings. The maximum atomic E-state index is 11.8. The molecule has 0 fully saturated rings. The first kappa shape index (κ1) is 13.9. The van der Waals surface area contributed by atoms with Gasteiger partial charge >= 0.3 is 0 Å². The van der Waals surface area contributed by atoms with E-state index in [2.05, 4.69) is 15.6 Å². The van der Waals surface area contributed by atoms with Crippen LogP contribution in [-0.2, 0) is 4.79 Å². The van der Waals surface area contributed by atoms with Gasteiger partial charge in [-0.15, -0.1) is 11.3 Å². The highest BCUT2D eigenvalue weighted by Gasteiger charge is 2.30. The molecule has 4 nitrogen and oxygen atoms in total. The summed E-state index contributed by atoms with van der Waals surface area (Å²) in [5.41, 5.74) is 2.70.